The molecule has 0 amide bonds. The molecular formula is C34H35ClN4O5. The Labute approximate surface area is 265 Å². The van der Waals surface area contributed by atoms with Gasteiger partial charge in [-0.15, -0.1) is 0 Å². The van der Waals surface area contributed by atoms with Crippen LogP contribution in [0, 0.1) is 0 Å². The molecule has 2 aromatic carbocycles. The van der Waals surface area contributed by atoms with Gasteiger partial charge in [0, 0.05) is 22.8 Å². The van der Waals surface area contributed by atoms with Crippen LogP contribution in [0.15, 0.2) is 54.6 Å². The third-order valence-electron chi connectivity index (χ3n) is 9.02. The van der Waals surface area contributed by atoms with E-state index in [0.29, 0.717) is 34.8 Å². The number of imidazole rings is 1. The summed E-state index contributed by atoms with van der Waals surface area (Å²) < 4.78 is 42.8. The van der Waals surface area contributed by atoms with Crippen LogP contribution in [0.2, 0.25) is 5.02 Å². The van der Waals surface area contributed by atoms with Crippen molar-refractivity contribution in [2.75, 3.05) is 26.7 Å². The summed E-state index contributed by atoms with van der Waals surface area (Å²) in [4.78, 5) is 23.3. The number of carbonyl (C=O) groups is 1. The van der Waals surface area contributed by atoms with E-state index >= 15 is 0 Å². The quantitative estimate of drug-likeness (QED) is 0.247. The van der Waals surface area contributed by atoms with Crippen molar-refractivity contribution >= 4 is 34.8 Å². The number of aromatic nitrogens is 3. The molecule has 2 saturated heterocycles. The molecule has 0 aliphatic carbocycles. The Morgan fingerprint density at radius 2 is 2.02 bits per heavy atom. The van der Waals surface area contributed by atoms with E-state index in [-0.39, 0.29) is 23.5 Å². The molecule has 10 heteroatoms. The monoisotopic (exact) mass is 617 g/mol. The summed E-state index contributed by atoms with van der Waals surface area (Å²) in [5, 5.41) is 9.89. The van der Waals surface area contributed by atoms with E-state index in [1.807, 2.05) is 35.8 Å². The Morgan fingerprint density at radius 1 is 1.18 bits per heavy atom. The number of aromatic carboxylic acids is 1. The zero-order valence-electron chi connectivity index (χ0n) is 27.3. The molecule has 44 heavy (non-hydrogen) atoms. The largest absolute Gasteiger partial charge is 0.496 e. The Bertz CT molecular complexity index is 1870. The van der Waals surface area contributed by atoms with E-state index < -0.39 is 18.6 Å². The van der Waals surface area contributed by atoms with Gasteiger partial charge in [-0.2, -0.15) is 0 Å². The van der Waals surface area contributed by atoms with Gasteiger partial charge >= 0.3 is 5.97 Å². The first-order chi connectivity index (χ1) is 22.5. The van der Waals surface area contributed by atoms with E-state index in [1.165, 1.54) is 12.1 Å². The number of para-hydroxylation sites is 1. The van der Waals surface area contributed by atoms with Crippen molar-refractivity contribution in [3.8, 4) is 11.5 Å². The normalized spacial score (nSPS) is 23.2. The molecule has 3 aliphatic rings. The fourth-order valence-electron chi connectivity index (χ4n) is 6.49. The van der Waals surface area contributed by atoms with Crippen LogP contribution in [-0.4, -0.2) is 63.3 Å². The number of methoxy groups -OCH3 is 1. The first-order valence-electron chi connectivity index (χ1n) is 16.4. The van der Waals surface area contributed by atoms with E-state index in [4.69, 9.17) is 34.9 Å². The lowest BCUT2D eigenvalue weighted by Crippen LogP contribution is -2.36. The number of rotatable bonds is 8. The van der Waals surface area contributed by atoms with E-state index in [0.717, 1.165) is 61.7 Å². The van der Waals surface area contributed by atoms with Crippen LogP contribution in [0.25, 0.3) is 17.2 Å². The van der Waals surface area contributed by atoms with Crippen LogP contribution < -0.4 is 9.47 Å². The second kappa shape index (κ2) is 11.5. The number of likely N-dealkylation sites (tertiary alicyclic amines) is 1. The molecule has 0 bridgehead atoms. The predicted octanol–water partition coefficient (Wildman–Crippen LogP) is 6.28. The molecule has 9 nitrogen and oxygen atoms in total. The van der Waals surface area contributed by atoms with Crippen molar-refractivity contribution in [2.45, 2.75) is 56.9 Å². The van der Waals surface area contributed by atoms with Gasteiger partial charge in [0.1, 0.15) is 22.8 Å². The van der Waals surface area contributed by atoms with Gasteiger partial charge < -0.3 is 23.9 Å². The van der Waals surface area contributed by atoms with Gasteiger partial charge in [-0.25, -0.2) is 14.8 Å². The highest BCUT2D eigenvalue weighted by molar-refractivity contribution is 6.30. The van der Waals surface area contributed by atoms with Crippen LogP contribution in [0.1, 0.15) is 69.2 Å². The van der Waals surface area contributed by atoms with Gasteiger partial charge in [0.15, 0.2) is 16.9 Å². The van der Waals surface area contributed by atoms with Gasteiger partial charge in [0.25, 0.3) is 0 Å². The standard InChI is InChI=1S/C34H35ClN4O5/c1-34(26-7-6-23(35)18-29(26)42-2)14-10-22-4-3-5-25(31(22)44-34)21-11-15-38(16-12-21)20-30-36-27-8-9-28(33(40)41)37-32(27)39(30)19-24-13-17-43-24/h3-10,14,18,21,24H,11-13,15-17,19-20H2,1-2H3,(H,40,41)/t24-,34+/m0/s1/i2D3. The lowest BCUT2D eigenvalue weighted by Gasteiger charge is -2.37. The maximum absolute atomic E-state index is 11.6. The molecule has 1 N–H and O–H groups in total. The maximum atomic E-state index is 11.6. The maximum Gasteiger partial charge on any atom is 0.354 e. The second-order valence-corrected chi connectivity index (χ2v) is 12.3. The van der Waals surface area contributed by atoms with Crippen LogP contribution in [0.4, 0.5) is 0 Å². The van der Waals surface area contributed by atoms with Crippen LogP contribution in [-0.2, 0) is 23.4 Å². The zero-order chi connectivity index (χ0) is 32.9. The molecule has 0 radical (unpaired) electrons. The van der Waals surface area contributed by atoms with E-state index in [9.17, 15) is 9.90 Å². The summed E-state index contributed by atoms with van der Waals surface area (Å²) in [6.07, 6.45) is 6.77. The van der Waals surface area contributed by atoms with Crippen molar-refractivity contribution in [1.29, 1.82) is 0 Å². The fourth-order valence-corrected chi connectivity index (χ4v) is 6.65. The van der Waals surface area contributed by atoms with Gasteiger partial charge in [-0.1, -0.05) is 35.9 Å². The number of hydrogen-bond donors (Lipinski definition) is 1. The minimum absolute atomic E-state index is 0.00279. The van der Waals surface area contributed by atoms with Gasteiger partial charge in [-0.3, -0.25) is 4.90 Å². The number of pyridine rings is 1. The SMILES string of the molecule is [2H]C([2H])([2H])Oc1cc(Cl)ccc1[C@@]1(C)C=Cc2cccc(C3CCN(Cc4nc5ccc(C(=O)O)nc5n4C[C@@H]4CCO4)CC3)c2O1. The summed E-state index contributed by atoms with van der Waals surface area (Å²) in [5.41, 5.74) is 2.92. The predicted molar refractivity (Wildman–Crippen MR) is 168 cm³/mol. The Balaban J connectivity index is 1.10. The zero-order valence-corrected chi connectivity index (χ0v) is 25.1. The molecule has 2 atom stereocenters. The van der Waals surface area contributed by atoms with Crippen LogP contribution >= 0.6 is 11.6 Å². The highest BCUT2D eigenvalue weighted by atomic mass is 35.5. The smallest absolute Gasteiger partial charge is 0.354 e. The highest BCUT2D eigenvalue weighted by Gasteiger charge is 2.35. The number of hydrogen-bond acceptors (Lipinski definition) is 7. The summed E-state index contributed by atoms with van der Waals surface area (Å²) in [7, 11) is -2.64. The first kappa shape index (κ1) is 25.4. The topological polar surface area (TPSA) is 98.9 Å². The number of fused-ring (bicyclic) bond motifs is 2. The van der Waals surface area contributed by atoms with Crippen LogP contribution in [0.5, 0.6) is 11.5 Å². The Morgan fingerprint density at radius 3 is 2.77 bits per heavy atom. The molecule has 7 rings (SSSR count). The molecule has 3 aliphatic heterocycles. The summed E-state index contributed by atoms with van der Waals surface area (Å²) in [5.74, 6) is 0.978. The molecule has 2 fully saturated rings. The lowest BCUT2D eigenvalue weighted by atomic mass is 9.85. The highest BCUT2D eigenvalue weighted by Crippen LogP contribution is 2.46. The number of carboxylic acid groups (broad SMARTS) is 1. The average Bonchev–Trinajstić information content (AvgIpc) is 3.34. The van der Waals surface area contributed by atoms with E-state index in [2.05, 4.69) is 16.0 Å². The van der Waals surface area contributed by atoms with Gasteiger partial charge in [0.05, 0.1) is 30.3 Å². The van der Waals surface area contributed by atoms with Crippen molar-refractivity contribution in [1.82, 2.24) is 19.4 Å². The van der Waals surface area contributed by atoms with Crippen molar-refractivity contribution in [3.63, 3.8) is 0 Å². The molecule has 4 aromatic rings. The van der Waals surface area contributed by atoms with Crippen LogP contribution in [0.3, 0.4) is 0 Å². The van der Waals surface area contributed by atoms with Crippen molar-refractivity contribution in [2.24, 2.45) is 0 Å². The van der Waals surface area contributed by atoms with E-state index in [1.54, 1.807) is 18.2 Å². The van der Waals surface area contributed by atoms with Gasteiger partial charge in [0.2, 0.25) is 0 Å². The summed E-state index contributed by atoms with van der Waals surface area (Å²) >= 11 is 6.22. The molecule has 0 spiro atoms. The van der Waals surface area contributed by atoms with Crippen molar-refractivity contribution < 1.29 is 28.2 Å². The second-order valence-electron chi connectivity index (χ2n) is 11.9. The summed E-state index contributed by atoms with van der Waals surface area (Å²) in [6.45, 7) is 5.51. The fraction of sp³-hybridized carbons (Fsp3) is 0.382. The lowest BCUT2D eigenvalue weighted by molar-refractivity contribution is -0.0593. The molecule has 0 unspecified atom stereocenters. The minimum atomic E-state index is -2.64. The average molecular weight is 618 g/mol. The van der Waals surface area contributed by atoms with Crippen molar-refractivity contribution in [3.05, 3.63) is 87.8 Å². The number of nitrogens with zero attached hydrogens (tertiary/aromatic N) is 4. The number of halogens is 1. The third kappa shape index (κ3) is 5.33. The molecular weight excluding hydrogens is 580 g/mol. The molecule has 0 saturated carbocycles. The molecule has 228 valence electrons. The Kier molecular flexibility index (Phi) is 6.66. The number of ether oxygens (including phenoxy) is 3. The molecule has 2 aromatic heterocycles. The summed E-state index contributed by atoms with van der Waals surface area (Å²) in [6, 6.07) is 14.4. The minimum Gasteiger partial charge on any atom is -0.496 e. The Hall–Kier alpha value is -3.92. The number of piperidine rings is 1. The number of benzene rings is 2. The third-order valence-corrected chi connectivity index (χ3v) is 9.26. The number of carboxylic acids is 1. The van der Waals surface area contributed by atoms with Gasteiger partial charge in [-0.05, 0) is 87.2 Å². The molecule has 5 heterocycles. The first-order valence-corrected chi connectivity index (χ1v) is 15.3.